The van der Waals surface area contributed by atoms with E-state index in [-0.39, 0.29) is 35.4 Å². The number of sulfone groups is 1. The van der Waals surface area contributed by atoms with E-state index in [1.165, 1.54) is 10.9 Å². The van der Waals surface area contributed by atoms with E-state index in [0.717, 1.165) is 0 Å². The fraction of sp³-hybridized carbons (Fsp3) is 0.545. The summed E-state index contributed by atoms with van der Waals surface area (Å²) in [5.41, 5.74) is 0.0453. The number of aldehydes is 1. The summed E-state index contributed by atoms with van der Waals surface area (Å²) in [4.78, 5) is 22.5. The molecule has 1 aromatic rings. The number of ether oxygens (including phenoxy) is 1. The highest BCUT2D eigenvalue weighted by atomic mass is 32.2. The predicted octanol–water partition coefficient (Wildman–Crippen LogP) is 0.232. The molecule has 0 N–H and O–H groups in total. The van der Waals surface area contributed by atoms with E-state index >= 15 is 0 Å². The monoisotopic (exact) mass is 286 g/mol. The van der Waals surface area contributed by atoms with Crippen LogP contribution in [0.25, 0.3) is 0 Å². The molecule has 0 spiro atoms. The van der Waals surface area contributed by atoms with Crippen molar-refractivity contribution < 1.29 is 22.7 Å². The minimum absolute atomic E-state index is 0.0186. The molecule has 0 radical (unpaired) electrons. The summed E-state index contributed by atoms with van der Waals surface area (Å²) in [6.07, 6.45) is 2.34. The highest BCUT2D eigenvalue weighted by molar-refractivity contribution is 7.91. The molecule has 0 bridgehead atoms. The molecule has 7 nitrogen and oxygen atoms in total. The van der Waals surface area contributed by atoms with E-state index in [1.54, 1.807) is 6.92 Å². The van der Waals surface area contributed by atoms with Crippen molar-refractivity contribution in [2.75, 3.05) is 18.1 Å². The van der Waals surface area contributed by atoms with Crippen molar-refractivity contribution in [3.05, 3.63) is 17.5 Å². The summed E-state index contributed by atoms with van der Waals surface area (Å²) in [7, 11) is -3.05. The summed E-state index contributed by atoms with van der Waals surface area (Å²) in [6, 6.07) is -0.327. The minimum atomic E-state index is -3.05. The highest BCUT2D eigenvalue weighted by Crippen LogP contribution is 2.24. The van der Waals surface area contributed by atoms with Gasteiger partial charge in [-0.25, -0.2) is 13.2 Å². The van der Waals surface area contributed by atoms with E-state index in [4.69, 9.17) is 4.74 Å². The Morgan fingerprint density at radius 1 is 1.63 bits per heavy atom. The van der Waals surface area contributed by atoms with Crippen LogP contribution in [0.15, 0.2) is 6.20 Å². The lowest BCUT2D eigenvalue weighted by Gasteiger charge is -2.07. The molecule has 0 amide bonds. The molecule has 0 aliphatic carbocycles. The Hall–Kier alpha value is -1.70. The molecular weight excluding hydrogens is 272 g/mol. The summed E-state index contributed by atoms with van der Waals surface area (Å²) in [5.74, 6) is -0.595. The van der Waals surface area contributed by atoms with Crippen LogP contribution in [-0.4, -0.2) is 48.6 Å². The van der Waals surface area contributed by atoms with Gasteiger partial charge in [0.25, 0.3) is 0 Å². The molecule has 0 aromatic carbocycles. The van der Waals surface area contributed by atoms with Crippen LogP contribution in [0.4, 0.5) is 0 Å². The Morgan fingerprint density at radius 3 is 2.89 bits per heavy atom. The van der Waals surface area contributed by atoms with Crippen LogP contribution in [0.2, 0.25) is 0 Å². The van der Waals surface area contributed by atoms with Crippen molar-refractivity contribution in [2.45, 2.75) is 19.4 Å². The molecule has 1 aromatic heterocycles. The summed E-state index contributed by atoms with van der Waals surface area (Å²) >= 11 is 0. The topological polar surface area (TPSA) is 95.3 Å². The zero-order valence-corrected chi connectivity index (χ0v) is 11.2. The lowest BCUT2D eigenvalue weighted by atomic mass is 10.2. The van der Waals surface area contributed by atoms with E-state index in [1.807, 2.05) is 0 Å². The van der Waals surface area contributed by atoms with E-state index in [2.05, 4.69) is 5.10 Å². The van der Waals surface area contributed by atoms with Gasteiger partial charge in [-0.05, 0) is 13.3 Å². The molecule has 1 aliphatic heterocycles. The molecule has 1 saturated heterocycles. The second-order valence-corrected chi connectivity index (χ2v) is 6.54. The molecule has 1 aliphatic rings. The number of carbonyl (C=O) groups is 2. The maximum atomic E-state index is 11.6. The van der Waals surface area contributed by atoms with Crippen LogP contribution in [0.1, 0.15) is 40.2 Å². The molecule has 1 fully saturated rings. The van der Waals surface area contributed by atoms with Crippen LogP contribution in [0.3, 0.4) is 0 Å². The first-order chi connectivity index (χ1) is 8.96. The molecule has 2 heterocycles. The van der Waals surface area contributed by atoms with Gasteiger partial charge in [-0.1, -0.05) is 0 Å². The lowest BCUT2D eigenvalue weighted by Crippen LogP contribution is -2.13. The van der Waals surface area contributed by atoms with Crippen LogP contribution in [-0.2, 0) is 14.6 Å². The number of esters is 1. The molecule has 19 heavy (non-hydrogen) atoms. The zero-order valence-electron chi connectivity index (χ0n) is 10.4. The fourth-order valence-corrected chi connectivity index (χ4v) is 3.72. The smallest absolute Gasteiger partial charge is 0.359 e. The molecule has 1 unspecified atom stereocenters. The number of hydrogen-bond acceptors (Lipinski definition) is 6. The molecule has 104 valence electrons. The van der Waals surface area contributed by atoms with Gasteiger partial charge in [0.15, 0.2) is 21.8 Å². The third-order valence-electron chi connectivity index (χ3n) is 2.94. The average Bonchev–Trinajstić information content (AvgIpc) is 2.92. The normalized spacial score (nSPS) is 21.2. The van der Waals surface area contributed by atoms with Crippen LogP contribution in [0.5, 0.6) is 0 Å². The predicted molar refractivity (Wildman–Crippen MR) is 65.9 cm³/mol. The minimum Gasteiger partial charge on any atom is -0.461 e. The van der Waals surface area contributed by atoms with Gasteiger partial charge in [0.1, 0.15) is 0 Å². The number of hydrogen-bond donors (Lipinski definition) is 0. The number of aromatic nitrogens is 2. The average molecular weight is 286 g/mol. The van der Waals surface area contributed by atoms with Crippen molar-refractivity contribution in [3.63, 3.8) is 0 Å². The Morgan fingerprint density at radius 2 is 2.37 bits per heavy atom. The Labute approximate surface area is 110 Å². The summed E-state index contributed by atoms with van der Waals surface area (Å²) < 4.78 is 29.0. The molecule has 0 saturated carbocycles. The van der Waals surface area contributed by atoms with Crippen LogP contribution >= 0.6 is 0 Å². The standard InChI is InChI=1S/C11H14N2O5S/c1-2-18-11(15)10-8(6-14)5-13(12-10)9-3-4-19(16,17)7-9/h5-6,9H,2-4,7H2,1H3. The maximum absolute atomic E-state index is 11.6. The number of rotatable bonds is 4. The van der Waals surface area contributed by atoms with Crippen LogP contribution < -0.4 is 0 Å². The third-order valence-corrected chi connectivity index (χ3v) is 4.69. The van der Waals surface area contributed by atoms with Gasteiger partial charge in [-0.3, -0.25) is 9.48 Å². The maximum Gasteiger partial charge on any atom is 0.359 e. The SMILES string of the molecule is CCOC(=O)c1nn(C2CCS(=O)(=O)C2)cc1C=O. The van der Waals surface area contributed by atoms with Crippen LogP contribution in [0, 0.1) is 0 Å². The van der Waals surface area contributed by atoms with Gasteiger partial charge < -0.3 is 4.74 Å². The van der Waals surface area contributed by atoms with Crippen molar-refractivity contribution in [2.24, 2.45) is 0 Å². The Balaban J connectivity index is 2.29. The fourth-order valence-electron chi connectivity index (χ4n) is 2.02. The van der Waals surface area contributed by atoms with Crippen molar-refractivity contribution in [1.82, 2.24) is 9.78 Å². The van der Waals surface area contributed by atoms with Crippen molar-refractivity contribution in [3.8, 4) is 0 Å². The second kappa shape index (κ2) is 5.12. The first-order valence-corrected chi connectivity index (χ1v) is 7.71. The largest absolute Gasteiger partial charge is 0.461 e. The number of nitrogens with zero attached hydrogens (tertiary/aromatic N) is 2. The molecule has 8 heteroatoms. The quantitative estimate of drug-likeness (QED) is 0.581. The molecule has 1 atom stereocenters. The second-order valence-electron chi connectivity index (χ2n) is 4.31. The molecule has 2 rings (SSSR count). The van der Waals surface area contributed by atoms with Gasteiger partial charge in [0, 0.05) is 6.20 Å². The van der Waals surface area contributed by atoms with Gasteiger partial charge in [0.2, 0.25) is 0 Å². The van der Waals surface area contributed by atoms with Crippen molar-refractivity contribution in [1.29, 1.82) is 0 Å². The Bertz CT molecular complexity index is 605. The Kier molecular flexibility index (Phi) is 3.70. The lowest BCUT2D eigenvalue weighted by molar-refractivity contribution is 0.0516. The number of carbonyl (C=O) groups excluding carboxylic acids is 2. The van der Waals surface area contributed by atoms with E-state index in [9.17, 15) is 18.0 Å². The van der Waals surface area contributed by atoms with E-state index < -0.39 is 15.8 Å². The first-order valence-electron chi connectivity index (χ1n) is 5.88. The zero-order chi connectivity index (χ0) is 14.0. The summed E-state index contributed by atoms with van der Waals surface area (Å²) in [6.45, 7) is 1.83. The summed E-state index contributed by atoms with van der Waals surface area (Å²) in [5, 5.41) is 3.99. The van der Waals surface area contributed by atoms with Gasteiger partial charge in [-0.2, -0.15) is 5.10 Å². The molecular formula is C11H14N2O5S. The van der Waals surface area contributed by atoms with Gasteiger partial charge in [-0.15, -0.1) is 0 Å². The first kappa shape index (κ1) is 13.7. The van der Waals surface area contributed by atoms with E-state index in [0.29, 0.717) is 12.7 Å². The highest BCUT2D eigenvalue weighted by Gasteiger charge is 2.31. The van der Waals surface area contributed by atoms with Crippen molar-refractivity contribution >= 4 is 22.1 Å². The third kappa shape index (κ3) is 2.83. The van der Waals surface area contributed by atoms with Gasteiger partial charge >= 0.3 is 5.97 Å². The van der Waals surface area contributed by atoms with Gasteiger partial charge in [0.05, 0.1) is 29.7 Å².